The van der Waals surface area contributed by atoms with E-state index in [2.05, 4.69) is 18.7 Å². The second-order valence-corrected chi connectivity index (χ2v) is 3.49. The third kappa shape index (κ3) is 3.16. The van der Waals surface area contributed by atoms with Crippen molar-refractivity contribution in [1.82, 2.24) is 4.90 Å². The Balaban J connectivity index is 2.48. The summed E-state index contributed by atoms with van der Waals surface area (Å²) in [5.41, 5.74) is 6.59. The summed E-state index contributed by atoms with van der Waals surface area (Å²) in [6.07, 6.45) is 2.92. The molecule has 0 aliphatic carbocycles. The summed E-state index contributed by atoms with van der Waals surface area (Å²) in [6, 6.07) is 2.04. The van der Waals surface area contributed by atoms with Gasteiger partial charge in [0.1, 0.15) is 5.76 Å². The minimum absolute atomic E-state index is 0.559. The first-order valence-corrected chi connectivity index (χ1v) is 5.28. The van der Waals surface area contributed by atoms with Gasteiger partial charge in [-0.3, -0.25) is 4.90 Å². The number of hydrogen-bond donors (Lipinski definition) is 1. The van der Waals surface area contributed by atoms with E-state index < -0.39 is 0 Å². The monoisotopic (exact) mass is 196 g/mol. The molecule has 0 aliphatic heterocycles. The van der Waals surface area contributed by atoms with E-state index in [1.165, 1.54) is 6.42 Å². The van der Waals surface area contributed by atoms with Crippen molar-refractivity contribution in [3.63, 3.8) is 0 Å². The van der Waals surface area contributed by atoms with Gasteiger partial charge in [0.25, 0.3) is 0 Å². The Kier molecular flexibility index (Phi) is 4.70. The number of hydrogen-bond acceptors (Lipinski definition) is 3. The molecule has 0 atom stereocenters. The normalized spacial score (nSPS) is 11.1. The van der Waals surface area contributed by atoms with E-state index in [1.807, 2.05) is 6.07 Å². The van der Waals surface area contributed by atoms with Crippen LogP contribution in [-0.2, 0) is 13.1 Å². The minimum atomic E-state index is 0.559. The van der Waals surface area contributed by atoms with E-state index in [0.717, 1.165) is 31.0 Å². The Labute approximate surface area is 85.9 Å². The quantitative estimate of drug-likeness (QED) is 0.756. The Bertz CT molecular complexity index is 258. The summed E-state index contributed by atoms with van der Waals surface area (Å²) in [4.78, 5) is 2.36. The molecule has 0 saturated carbocycles. The number of furan rings is 1. The topological polar surface area (TPSA) is 42.4 Å². The van der Waals surface area contributed by atoms with Gasteiger partial charge in [-0.25, -0.2) is 0 Å². The molecule has 0 aromatic carbocycles. The van der Waals surface area contributed by atoms with E-state index in [1.54, 1.807) is 6.26 Å². The average molecular weight is 196 g/mol. The lowest BCUT2D eigenvalue weighted by atomic mass is 10.3. The van der Waals surface area contributed by atoms with Crippen LogP contribution >= 0.6 is 0 Å². The fraction of sp³-hybridized carbons (Fsp3) is 0.636. The van der Waals surface area contributed by atoms with Gasteiger partial charge in [-0.1, -0.05) is 13.8 Å². The molecule has 0 amide bonds. The van der Waals surface area contributed by atoms with Crippen LogP contribution in [-0.4, -0.2) is 18.0 Å². The zero-order valence-corrected chi connectivity index (χ0v) is 9.12. The lowest BCUT2D eigenvalue weighted by molar-refractivity contribution is 0.256. The smallest absolute Gasteiger partial charge is 0.118 e. The molecule has 2 N–H and O–H groups in total. The van der Waals surface area contributed by atoms with E-state index in [-0.39, 0.29) is 0 Å². The number of rotatable bonds is 6. The highest BCUT2D eigenvalue weighted by Gasteiger charge is 2.05. The van der Waals surface area contributed by atoms with E-state index in [0.29, 0.717) is 6.54 Å². The van der Waals surface area contributed by atoms with Crippen LogP contribution in [0.3, 0.4) is 0 Å². The van der Waals surface area contributed by atoms with Gasteiger partial charge >= 0.3 is 0 Å². The first-order valence-electron chi connectivity index (χ1n) is 5.28. The van der Waals surface area contributed by atoms with Gasteiger partial charge in [-0.2, -0.15) is 0 Å². The zero-order chi connectivity index (χ0) is 10.4. The van der Waals surface area contributed by atoms with E-state index >= 15 is 0 Å². The summed E-state index contributed by atoms with van der Waals surface area (Å²) in [6.45, 7) is 7.99. The maximum atomic E-state index is 5.51. The fourth-order valence-corrected chi connectivity index (χ4v) is 1.50. The Morgan fingerprint density at radius 2 is 2.21 bits per heavy atom. The summed E-state index contributed by atoms with van der Waals surface area (Å²) >= 11 is 0. The van der Waals surface area contributed by atoms with Crippen LogP contribution in [0.5, 0.6) is 0 Å². The van der Waals surface area contributed by atoms with Gasteiger partial charge in [0.05, 0.1) is 12.8 Å². The highest BCUT2D eigenvalue weighted by molar-refractivity contribution is 5.12. The lowest BCUT2D eigenvalue weighted by Gasteiger charge is -2.17. The molecule has 0 radical (unpaired) electrons. The van der Waals surface area contributed by atoms with Gasteiger partial charge < -0.3 is 10.2 Å². The molecule has 1 aromatic rings. The molecule has 1 aromatic heterocycles. The fourth-order valence-electron chi connectivity index (χ4n) is 1.50. The highest BCUT2D eigenvalue weighted by Crippen LogP contribution is 2.10. The van der Waals surface area contributed by atoms with Crippen molar-refractivity contribution in [3.8, 4) is 0 Å². The van der Waals surface area contributed by atoms with Crippen LogP contribution in [0.4, 0.5) is 0 Å². The molecule has 80 valence electrons. The molecule has 0 aliphatic rings. The number of nitrogens with zero attached hydrogens (tertiary/aromatic N) is 1. The van der Waals surface area contributed by atoms with Crippen LogP contribution in [0.1, 0.15) is 31.6 Å². The first kappa shape index (κ1) is 11.3. The molecule has 3 heteroatoms. The van der Waals surface area contributed by atoms with E-state index in [4.69, 9.17) is 10.2 Å². The second-order valence-electron chi connectivity index (χ2n) is 3.49. The standard InChI is InChI=1S/C11H20N2O/c1-3-5-13(4-2)8-11-6-10(7-12)9-14-11/h6,9H,3-5,7-8,12H2,1-2H3. The molecule has 0 spiro atoms. The molecule has 0 fully saturated rings. The minimum Gasteiger partial charge on any atom is -0.468 e. The van der Waals surface area contributed by atoms with Crippen molar-refractivity contribution >= 4 is 0 Å². The summed E-state index contributed by atoms with van der Waals surface area (Å²) in [5, 5.41) is 0. The van der Waals surface area contributed by atoms with Gasteiger partial charge in [0.15, 0.2) is 0 Å². The molecular formula is C11H20N2O. The summed E-state index contributed by atoms with van der Waals surface area (Å²) in [5.74, 6) is 1.01. The zero-order valence-electron chi connectivity index (χ0n) is 9.12. The molecule has 0 bridgehead atoms. The Morgan fingerprint density at radius 1 is 1.43 bits per heavy atom. The van der Waals surface area contributed by atoms with Crippen LogP contribution in [0.25, 0.3) is 0 Å². The maximum Gasteiger partial charge on any atom is 0.118 e. The van der Waals surface area contributed by atoms with Crippen LogP contribution < -0.4 is 5.73 Å². The predicted octanol–water partition coefficient (Wildman–Crippen LogP) is 1.97. The average Bonchev–Trinajstić information content (AvgIpc) is 2.65. The van der Waals surface area contributed by atoms with Crippen molar-refractivity contribution in [1.29, 1.82) is 0 Å². The molecule has 0 saturated heterocycles. The molecular weight excluding hydrogens is 176 g/mol. The van der Waals surface area contributed by atoms with Gasteiger partial charge in [0, 0.05) is 12.1 Å². The summed E-state index contributed by atoms with van der Waals surface area (Å²) < 4.78 is 5.41. The molecule has 1 rings (SSSR count). The lowest BCUT2D eigenvalue weighted by Crippen LogP contribution is -2.23. The molecule has 1 heterocycles. The van der Waals surface area contributed by atoms with Gasteiger partial charge in [-0.05, 0) is 25.6 Å². The predicted molar refractivity (Wildman–Crippen MR) is 57.8 cm³/mol. The van der Waals surface area contributed by atoms with Crippen molar-refractivity contribution in [2.24, 2.45) is 5.73 Å². The van der Waals surface area contributed by atoms with Crippen LogP contribution in [0, 0.1) is 0 Å². The number of nitrogens with two attached hydrogens (primary N) is 1. The Hall–Kier alpha value is -0.800. The molecule has 3 nitrogen and oxygen atoms in total. The Morgan fingerprint density at radius 3 is 2.71 bits per heavy atom. The third-order valence-corrected chi connectivity index (χ3v) is 2.31. The first-order chi connectivity index (χ1) is 6.80. The van der Waals surface area contributed by atoms with Crippen molar-refractivity contribution < 1.29 is 4.42 Å². The maximum absolute atomic E-state index is 5.51. The largest absolute Gasteiger partial charge is 0.468 e. The SMILES string of the molecule is CCCN(CC)Cc1cc(CN)co1. The van der Waals surface area contributed by atoms with Crippen molar-refractivity contribution in [2.75, 3.05) is 13.1 Å². The van der Waals surface area contributed by atoms with E-state index in [9.17, 15) is 0 Å². The van der Waals surface area contributed by atoms with Crippen molar-refractivity contribution in [3.05, 3.63) is 23.7 Å². The van der Waals surface area contributed by atoms with Gasteiger partial charge in [-0.15, -0.1) is 0 Å². The summed E-state index contributed by atoms with van der Waals surface area (Å²) in [7, 11) is 0. The van der Waals surface area contributed by atoms with Crippen LogP contribution in [0.15, 0.2) is 16.7 Å². The second kappa shape index (κ2) is 5.83. The van der Waals surface area contributed by atoms with Crippen LogP contribution in [0.2, 0.25) is 0 Å². The van der Waals surface area contributed by atoms with Gasteiger partial charge in [0.2, 0.25) is 0 Å². The molecule has 14 heavy (non-hydrogen) atoms. The highest BCUT2D eigenvalue weighted by atomic mass is 16.3. The van der Waals surface area contributed by atoms with Crippen molar-refractivity contribution in [2.45, 2.75) is 33.4 Å². The third-order valence-electron chi connectivity index (χ3n) is 2.31. The molecule has 0 unspecified atom stereocenters.